The van der Waals surface area contributed by atoms with Crippen molar-refractivity contribution in [1.82, 2.24) is 10.2 Å². The number of nitrogens with one attached hydrogen (secondary N) is 1. The van der Waals surface area contributed by atoms with E-state index in [-0.39, 0.29) is 0 Å². The maximum absolute atomic E-state index is 6.12. The number of unbranched alkanes of at least 4 members (excludes halogenated alkanes) is 1. The van der Waals surface area contributed by atoms with Gasteiger partial charge in [-0.25, -0.2) is 0 Å². The topological polar surface area (TPSA) is 43.0 Å². The fourth-order valence-electron chi connectivity index (χ4n) is 3.92. The Bertz CT molecular complexity index is 720. The maximum atomic E-state index is 6.12. The maximum Gasteiger partial charge on any atom is 0.203 e. The lowest BCUT2D eigenvalue weighted by Gasteiger charge is -2.35. The van der Waals surface area contributed by atoms with E-state index < -0.39 is 0 Å². The molecule has 5 nitrogen and oxygen atoms in total. The normalized spacial score (nSPS) is 15.7. The van der Waals surface area contributed by atoms with Crippen LogP contribution in [0.4, 0.5) is 0 Å². The van der Waals surface area contributed by atoms with Crippen LogP contribution >= 0.6 is 0 Å². The predicted molar refractivity (Wildman–Crippen MR) is 117 cm³/mol. The van der Waals surface area contributed by atoms with Gasteiger partial charge in [-0.05, 0) is 29.7 Å². The fraction of sp³-hybridized carbons (Fsp3) is 0.500. The van der Waals surface area contributed by atoms with Crippen molar-refractivity contribution < 1.29 is 14.2 Å². The van der Waals surface area contributed by atoms with Crippen LogP contribution in [-0.4, -0.2) is 45.3 Å². The van der Waals surface area contributed by atoms with Gasteiger partial charge in [0, 0.05) is 32.2 Å². The van der Waals surface area contributed by atoms with Gasteiger partial charge in [0.2, 0.25) is 5.75 Å². The van der Waals surface area contributed by atoms with Crippen LogP contribution in [0, 0.1) is 0 Å². The van der Waals surface area contributed by atoms with Gasteiger partial charge in [-0.2, -0.15) is 0 Å². The highest BCUT2D eigenvalue weighted by atomic mass is 16.5. The zero-order valence-electron chi connectivity index (χ0n) is 17.9. The number of hydrogen-bond acceptors (Lipinski definition) is 5. The molecule has 0 aromatic heterocycles. The smallest absolute Gasteiger partial charge is 0.203 e. The highest BCUT2D eigenvalue weighted by Gasteiger charge is 2.25. The highest BCUT2D eigenvalue weighted by molar-refractivity contribution is 5.54. The predicted octanol–water partition coefficient (Wildman–Crippen LogP) is 4.42. The first-order valence-corrected chi connectivity index (χ1v) is 10.6. The molecule has 0 bridgehead atoms. The molecular weight excluding hydrogens is 364 g/mol. The van der Waals surface area contributed by atoms with Gasteiger partial charge in [-0.15, -0.1) is 0 Å². The van der Waals surface area contributed by atoms with E-state index in [1.807, 2.05) is 18.2 Å². The lowest BCUT2D eigenvalue weighted by atomic mass is 9.97. The number of hydrogen-bond donors (Lipinski definition) is 1. The molecule has 3 rings (SSSR count). The van der Waals surface area contributed by atoms with Gasteiger partial charge in [0.25, 0.3) is 0 Å². The Balaban J connectivity index is 1.87. The van der Waals surface area contributed by atoms with E-state index >= 15 is 0 Å². The van der Waals surface area contributed by atoms with Gasteiger partial charge in [0.05, 0.1) is 14.2 Å². The molecule has 1 heterocycles. The average Bonchev–Trinajstić information content (AvgIpc) is 2.79. The molecule has 2 aromatic rings. The third-order valence-electron chi connectivity index (χ3n) is 5.52. The SMILES string of the molecule is CCCCC(c1cc(OC)c(OCc2ccccc2)c(OC)c1)N1CCNCC1. The summed E-state index contributed by atoms with van der Waals surface area (Å²) in [5, 5.41) is 3.45. The second-order valence-electron chi connectivity index (χ2n) is 7.47. The first-order valence-electron chi connectivity index (χ1n) is 10.6. The molecule has 0 radical (unpaired) electrons. The van der Waals surface area contributed by atoms with Gasteiger partial charge in [0.1, 0.15) is 6.61 Å². The second kappa shape index (κ2) is 11.1. The third kappa shape index (κ3) is 5.64. The molecule has 5 heteroatoms. The molecule has 1 aliphatic heterocycles. The van der Waals surface area contributed by atoms with Gasteiger partial charge in [-0.3, -0.25) is 4.90 Å². The van der Waals surface area contributed by atoms with Crippen molar-refractivity contribution in [2.45, 2.75) is 38.8 Å². The summed E-state index contributed by atoms with van der Waals surface area (Å²) in [6.45, 7) is 6.92. The van der Waals surface area contributed by atoms with Crippen molar-refractivity contribution >= 4 is 0 Å². The lowest BCUT2D eigenvalue weighted by Crippen LogP contribution is -2.45. The molecule has 1 atom stereocenters. The summed E-state index contributed by atoms with van der Waals surface area (Å²) in [5.41, 5.74) is 2.35. The van der Waals surface area contributed by atoms with Crippen molar-refractivity contribution in [3.63, 3.8) is 0 Å². The first-order chi connectivity index (χ1) is 14.3. The van der Waals surface area contributed by atoms with Crippen molar-refractivity contribution in [3.05, 3.63) is 53.6 Å². The minimum atomic E-state index is 0.364. The number of benzene rings is 2. The summed E-state index contributed by atoms with van der Waals surface area (Å²) in [6.07, 6.45) is 3.52. The van der Waals surface area contributed by atoms with Crippen LogP contribution in [-0.2, 0) is 6.61 Å². The van der Waals surface area contributed by atoms with E-state index in [9.17, 15) is 0 Å². The Kier molecular flexibility index (Phi) is 8.20. The molecule has 1 N–H and O–H groups in total. The summed E-state index contributed by atoms with van der Waals surface area (Å²) in [6, 6.07) is 14.8. The number of piperazine rings is 1. The summed E-state index contributed by atoms with van der Waals surface area (Å²) < 4.78 is 17.6. The van der Waals surface area contributed by atoms with Crippen LogP contribution in [0.1, 0.15) is 43.4 Å². The van der Waals surface area contributed by atoms with Crippen LogP contribution in [0.25, 0.3) is 0 Å². The van der Waals surface area contributed by atoms with Gasteiger partial charge >= 0.3 is 0 Å². The van der Waals surface area contributed by atoms with Crippen LogP contribution in [0.3, 0.4) is 0 Å². The lowest BCUT2D eigenvalue weighted by molar-refractivity contribution is 0.162. The molecule has 29 heavy (non-hydrogen) atoms. The summed E-state index contributed by atoms with van der Waals surface area (Å²) in [5.74, 6) is 2.12. The minimum absolute atomic E-state index is 0.364. The first kappa shape index (κ1) is 21.5. The average molecular weight is 399 g/mol. The number of nitrogens with zero attached hydrogens (tertiary/aromatic N) is 1. The van der Waals surface area contributed by atoms with Crippen molar-refractivity contribution in [2.24, 2.45) is 0 Å². The number of rotatable bonds is 10. The molecule has 2 aromatic carbocycles. The Morgan fingerprint density at radius 3 is 2.24 bits per heavy atom. The molecule has 0 amide bonds. The van der Waals surface area contributed by atoms with Crippen LogP contribution in [0.15, 0.2) is 42.5 Å². The zero-order valence-corrected chi connectivity index (χ0v) is 17.9. The Hall–Kier alpha value is -2.24. The number of methoxy groups -OCH3 is 2. The molecule has 0 aliphatic carbocycles. The largest absolute Gasteiger partial charge is 0.493 e. The second-order valence-corrected chi connectivity index (χ2v) is 7.47. The summed E-state index contributed by atoms with van der Waals surface area (Å²) >= 11 is 0. The molecular formula is C24H34N2O3. The van der Waals surface area contributed by atoms with E-state index in [4.69, 9.17) is 14.2 Å². The molecule has 0 spiro atoms. The fourth-order valence-corrected chi connectivity index (χ4v) is 3.92. The third-order valence-corrected chi connectivity index (χ3v) is 5.52. The zero-order chi connectivity index (χ0) is 20.5. The molecule has 1 fully saturated rings. The Morgan fingerprint density at radius 2 is 1.66 bits per heavy atom. The van der Waals surface area contributed by atoms with Crippen molar-refractivity contribution in [3.8, 4) is 17.2 Å². The van der Waals surface area contributed by atoms with Crippen molar-refractivity contribution in [1.29, 1.82) is 0 Å². The van der Waals surface area contributed by atoms with Gasteiger partial charge < -0.3 is 19.5 Å². The van der Waals surface area contributed by atoms with Gasteiger partial charge in [0.15, 0.2) is 11.5 Å². The molecule has 0 saturated carbocycles. The minimum Gasteiger partial charge on any atom is -0.493 e. The van der Waals surface area contributed by atoms with Crippen LogP contribution < -0.4 is 19.5 Å². The van der Waals surface area contributed by atoms with E-state index in [1.54, 1.807) is 14.2 Å². The van der Waals surface area contributed by atoms with Crippen LogP contribution in [0.2, 0.25) is 0 Å². The summed E-state index contributed by atoms with van der Waals surface area (Å²) in [7, 11) is 3.39. The highest BCUT2D eigenvalue weighted by Crippen LogP contribution is 2.42. The summed E-state index contributed by atoms with van der Waals surface area (Å²) in [4.78, 5) is 2.57. The van der Waals surface area contributed by atoms with E-state index in [0.29, 0.717) is 18.4 Å². The molecule has 1 aliphatic rings. The Morgan fingerprint density at radius 1 is 1.00 bits per heavy atom. The monoisotopic (exact) mass is 398 g/mol. The van der Waals surface area contributed by atoms with Crippen molar-refractivity contribution in [2.75, 3.05) is 40.4 Å². The quantitative estimate of drug-likeness (QED) is 0.642. The molecule has 1 unspecified atom stereocenters. The molecule has 1 saturated heterocycles. The van der Waals surface area contributed by atoms with E-state index in [2.05, 4.69) is 41.4 Å². The van der Waals surface area contributed by atoms with Crippen LogP contribution in [0.5, 0.6) is 17.2 Å². The standard InChI is InChI=1S/C24H34N2O3/c1-4-5-11-21(26-14-12-25-13-15-26)20-16-22(27-2)24(23(17-20)28-3)29-18-19-9-7-6-8-10-19/h6-10,16-17,21,25H,4-5,11-15,18H2,1-3H3. The Labute approximate surface area is 175 Å². The number of ether oxygens (including phenoxy) is 3. The van der Waals surface area contributed by atoms with E-state index in [1.165, 1.54) is 18.4 Å². The van der Waals surface area contributed by atoms with Gasteiger partial charge in [-0.1, -0.05) is 50.1 Å². The van der Waals surface area contributed by atoms with E-state index in [0.717, 1.165) is 49.7 Å². The molecule has 158 valence electrons.